The second-order valence-electron chi connectivity index (χ2n) is 5.82. The monoisotopic (exact) mass is 282 g/mol. The van der Waals surface area contributed by atoms with Gasteiger partial charge in [0.1, 0.15) is 5.60 Å². The van der Waals surface area contributed by atoms with Gasteiger partial charge in [0.25, 0.3) is 0 Å². The van der Waals surface area contributed by atoms with Crippen LogP contribution in [0.3, 0.4) is 0 Å². The summed E-state index contributed by atoms with van der Waals surface area (Å²) in [4.78, 5) is 11.6. The summed E-state index contributed by atoms with van der Waals surface area (Å²) >= 11 is 0. The number of rotatable bonds is 7. The summed E-state index contributed by atoms with van der Waals surface area (Å²) in [7, 11) is 1.79. The Morgan fingerprint density at radius 1 is 1.50 bits per heavy atom. The smallest absolute Gasteiger partial charge is 0.314 e. The molecule has 1 aromatic rings. The molecule has 114 valence electrons. The van der Waals surface area contributed by atoms with Crippen molar-refractivity contribution in [2.24, 2.45) is 13.0 Å². The highest BCUT2D eigenvalue weighted by Gasteiger charge is 2.25. The van der Waals surface area contributed by atoms with Gasteiger partial charge in [-0.25, -0.2) is 4.79 Å². The number of carbonyl (C=O) groups excluding carboxylic acids is 1. The minimum atomic E-state index is -1.12. The lowest BCUT2D eigenvalue weighted by molar-refractivity contribution is 0.0593. The number of amides is 2. The average Bonchev–Trinajstić information content (AvgIpc) is 2.79. The van der Waals surface area contributed by atoms with E-state index in [4.69, 9.17) is 0 Å². The zero-order valence-corrected chi connectivity index (χ0v) is 12.8. The predicted molar refractivity (Wildman–Crippen MR) is 78.3 cm³/mol. The number of nitrogens with one attached hydrogen (secondary N) is 2. The van der Waals surface area contributed by atoms with Crippen LogP contribution in [0.2, 0.25) is 0 Å². The Kier molecular flexibility index (Phi) is 6.01. The molecule has 0 saturated carbocycles. The minimum Gasteiger partial charge on any atom is -0.383 e. The number of carbonyl (C=O) groups is 1. The van der Waals surface area contributed by atoms with E-state index in [1.165, 1.54) is 0 Å². The van der Waals surface area contributed by atoms with Crippen LogP contribution in [-0.4, -0.2) is 34.0 Å². The Labute approximate surface area is 120 Å². The molecule has 0 saturated heterocycles. The maximum Gasteiger partial charge on any atom is 0.314 e. The standard InChI is InChI=1S/C14H26N4O2/c1-11(2)6-5-7-15-13(19)16-10-14(3,20)12-8-17-18(4)9-12/h8-9,11,20H,5-7,10H2,1-4H3,(H2,15,16,19). The van der Waals surface area contributed by atoms with Crippen LogP contribution in [0.1, 0.15) is 39.2 Å². The molecule has 0 fully saturated rings. The van der Waals surface area contributed by atoms with Crippen LogP contribution in [0, 0.1) is 5.92 Å². The van der Waals surface area contributed by atoms with E-state index < -0.39 is 5.60 Å². The number of urea groups is 1. The zero-order valence-electron chi connectivity index (χ0n) is 12.8. The third kappa shape index (κ3) is 5.61. The first kappa shape index (κ1) is 16.5. The quantitative estimate of drug-likeness (QED) is 0.661. The van der Waals surface area contributed by atoms with Gasteiger partial charge in [0, 0.05) is 25.4 Å². The molecule has 0 aliphatic carbocycles. The first-order valence-corrected chi connectivity index (χ1v) is 7.04. The van der Waals surface area contributed by atoms with Crippen molar-refractivity contribution in [1.29, 1.82) is 0 Å². The van der Waals surface area contributed by atoms with Crippen LogP contribution >= 0.6 is 0 Å². The fraction of sp³-hybridized carbons (Fsp3) is 0.714. The molecule has 0 aliphatic heterocycles. The molecular formula is C14H26N4O2. The van der Waals surface area contributed by atoms with Gasteiger partial charge in [0.05, 0.1) is 12.7 Å². The van der Waals surface area contributed by atoms with Crippen molar-refractivity contribution in [3.63, 3.8) is 0 Å². The normalized spacial score (nSPS) is 14.1. The van der Waals surface area contributed by atoms with E-state index in [9.17, 15) is 9.90 Å². The van der Waals surface area contributed by atoms with E-state index in [0.717, 1.165) is 12.8 Å². The van der Waals surface area contributed by atoms with Gasteiger partial charge in [-0.1, -0.05) is 13.8 Å². The molecule has 20 heavy (non-hydrogen) atoms. The van der Waals surface area contributed by atoms with Gasteiger partial charge in [0.2, 0.25) is 0 Å². The van der Waals surface area contributed by atoms with Gasteiger partial charge in [-0.3, -0.25) is 4.68 Å². The lowest BCUT2D eigenvalue weighted by Crippen LogP contribution is -2.43. The Morgan fingerprint density at radius 3 is 2.75 bits per heavy atom. The molecule has 3 N–H and O–H groups in total. The van der Waals surface area contributed by atoms with E-state index in [1.54, 1.807) is 31.0 Å². The van der Waals surface area contributed by atoms with Gasteiger partial charge < -0.3 is 15.7 Å². The van der Waals surface area contributed by atoms with Crippen molar-refractivity contribution in [2.45, 2.75) is 39.2 Å². The van der Waals surface area contributed by atoms with Crippen molar-refractivity contribution in [1.82, 2.24) is 20.4 Å². The number of hydrogen-bond acceptors (Lipinski definition) is 3. The number of aryl methyl sites for hydroxylation is 1. The molecule has 0 aliphatic rings. The minimum absolute atomic E-state index is 0.148. The molecule has 2 amide bonds. The lowest BCUT2D eigenvalue weighted by atomic mass is 10.00. The maximum atomic E-state index is 11.6. The average molecular weight is 282 g/mol. The summed E-state index contributed by atoms with van der Waals surface area (Å²) in [6.45, 7) is 6.77. The summed E-state index contributed by atoms with van der Waals surface area (Å²) in [6, 6.07) is -0.252. The van der Waals surface area contributed by atoms with Crippen LogP contribution in [0.5, 0.6) is 0 Å². The molecule has 1 heterocycles. The molecule has 1 unspecified atom stereocenters. The molecule has 1 aromatic heterocycles. The number of aromatic nitrogens is 2. The third-order valence-corrected chi connectivity index (χ3v) is 3.16. The van der Waals surface area contributed by atoms with Gasteiger partial charge in [-0.2, -0.15) is 5.10 Å². The van der Waals surface area contributed by atoms with Gasteiger partial charge in [-0.05, 0) is 25.7 Å². The molecule has 0 aromatic carbocycles. The molecule has 1 atom stereocenters. The topological polar surface area (TPSA) is 79.2 Å². The second kappa shape index (κ2) is 7.28. The fourth-order valence-corrected chi connectivity index (χ4v) is 1.83. The SMILES string of the molecule is CC(C)CCCNC(=O)NCC(C)(O)c1cnn(C)c1. The summed E-state index contributed by atoms with van der Waals surface area (Å²) in [6.07, 6.45) is 5.39. The number of nitrogens with zero attached hydrogens (tertiary/aromatic N) is 2. The van der Waals surface area contributed by atoms with Crippen LogP contribution < -0.4 is 10.6 Å². The van der Waals surface area contributed by atoms with Crippen LogP contribution in [-0.2, 0) is 12.6 Å². The van der Waals surface area contributed by atoms with Crippen molar-refractivity contribution < 1.29 is 9.90 Å². The van der Waals surface area contributed by atoms with E-state index in [0.29, 0.717) is 18.0 Å². The Bertz CT molecular complexity index is 427. The van der Waals surface area contributed by atoms with Crippen LogP contribution in [0.15, 0.2) is 12.4 Å². The number of hydrogen-bond donors (Lipinski definition) is 3. The summed E-state index contributed by atoms with van der Waals surface area (Å²) in [5, 5.41) is 19.8. The molecule has 1 rings (SSSR count). The van der Waals surface area contributed by atoms with Crippen LogP contribution in [0.4, 0.5) is 4.79 Å². The van der Waals surface area contributed by atoms with E-state index in [2.05, 4.69) is 29.6 Å². The van der Waals surface area contributed by atoms with Gasteiger partial charge in [0.15, 0.2) is 0 Å². The second-order valence-corrected chi connectivity index (χ2v) is 5.82. The Morgan fingerprint density at radius 2 is 2.20 bits per heavy atom. The Hall–Kier alpha value is -1.56. The molecule has 6 nitrogen and oxygen atoms in total. The molecule has 0 radical (unpaired) electrons. The molecule has 0 spiro atoms. The van der Waals surface area contributed by atoms with Crippen LogP contribution in [0.25, 0.3) is 0 Å². The highest BCUT2D eigenvalue weighted by atomic mass is 16.3. The Balaban J connectivity index is 2.29. The molecule has 6 heteroatoms. The highest BCUT2D eigenvalue weighted by molar-refractivity contribution is 5.73. The maximum absolute atomic E-state index is 11.6. The highest BCUT2D eigenvalue weighted by Crippen LogP contribution is 2.18. The summed E-state index contributed by atoms with van der Waals surface area (Å²) in [5.41, 5.74) is -0.441. The third-order valence-electron chi connectivity index (χ3n) is 3.16. The van der Waals surface area contributed by atoms with E-state index >= 15 is 0 Å². The summed E-state index contributed by atoms with van der Waals surface area (Å²) in [5.74, 6) is 0.645. The summed E-state index contributed by atoms with van der Waals surface area (Å²) < 4.78 is 1.62. The van der Waals surface area contributed by atoms with Crippen molar-refractivity contribution >= 4 is 6.03 Å². The zero-order chi connectivity index (χ0) is 15.2. The van der Waals surface area contributed by atoms with Crippen molar-refractivity contribution in [3.05, 3.63) is 18.0 Å². The largest absolute Gasteiger partial charge is 0.383 e. The van der Waals surface area contributed by atoms with Gasteiger partial charge in [-0.15, -0.1) is 0 Å². The molecular weight excluding hydrogens is 256 g/mol. The van der Waals surface area contributed by atoms with E-state index in [-0.39, 0.29) is 12.6 Å². The van der Waals surface area contributed by atoms with Gasteiger partial charge >= 0.3 is 6.03 Å². The predicted octanol–water partition coefficient (Wildman–Crippen LogP) is 1.36. The lowest BCUT2D eigenvalue weighted by Gasteiger charge is -2.22. The first-order valence-electron chi connectivity index (χ1n) is 7.04. The van der Waals surface area contributed by atoms with Crippen molar-refractivity contribution in [2.75, 3.05) is 13.1 Å². The first-order chi connectivity index (χ1) is 9.31. The number of aliphatic hydroxyl groups is 1. The van der Waals surface area contributed by atoms with E-state index in [1.807, 2.05) is 0 Å². The molecule has 0 bridgehead atoms. The fourth-order valence-electron chi connectivity index (χ4n) is 1.83. The van der Waals surface area contributed by atoms with Crippen molar-refractivity contribution in [3.8, 4) is 0 Å².